The standard InChI is InChI=1S/C16H26N2O2/c1-4-13-12-17-9-10-18(13)14-7-8-15(19-5-2)16(11-14)20-6-3/h7-8,11,13,17H,4-6,9-10,12H2,1-3H3. The molecular weight excluding hydrogens is 252 g/mol. The van der Waals surface area contributed by atoms with Crippen LogP contribution >= 0.6 is 0 Å². The van der Waals surface area contributed by atoms with E-state index in [1.54, 1.807) is 0 Å². The molecule has 0 bridgehead atoms. The zero-order chi connectivity index (χ0) is 14.4. The molecule has 0 radical (unpaired) electrons. The first-order chi connectivity index (χ1) is 9.80. The van der Waals surface area contributed by atoms with Crippen molar-refractivity contribution < 1.29 is 9.47 Å². The summed E-state index contributed by atoms with van der Waals surface area (Å²) >= 11 is 0. The maximum Gasteiger partial charge on any atom is 0.163 e. The first-order valence-electron chi connectivity index (χ1n) is 7.67. The third-order valence-electron chi connectivity index (χ3n) is 3.68. The number of ether oxygens (including phenoxy) is 2. The Kier molecular flexibility index (Phi) is 5.53. The Bertz CT molecular complexity index is 423. The summed E-state index contributed by atoms with van der Waals surface area (Å²) in [6.07, 6.45) is 1.14. The molecule has 1 aromatic carbocycles. The molecule has 112 valence electrons. The van der Waals surface area contributed by atoms with Gasteiger partial charge in [-0.2, -0.15) is 0 Å². The van der Waals surface area contributed by atoms with Crippen molar-refractivity contribution in [2.45, 2.75) is 33.2 Å². The predicted octanol–water partition coefficient (Wildman–Crippen LogP) is 2.67. The lowest BCUT2D eigenvalue weighted by Gasteiger charge is -2.37. The number of nitrogens with zero attached hydrogens (tertiary/aromatic N) is 1. The van der Waals surface area contributed by atoms with E-state index < -0.39 is 0 Å². The van der Waals surface area contributed by atoms with E-state index in [9.17, 15) is 0 Å². The van der Waals surface area contributed by atoms with E-state index in [4.69, 9.17) is 9.47 Å². The molecular formula is C16H26N2O2. The van der Waals surface area contributed by atoms with E-state index in [0.717, 1.165) is 37.6 Å². The summed E-state index contributed by atoms with van der Waals surface area (Å²) in [5.41, 5.74) is 1.23. The maximum atomic E-state index is 5.72. The molecule has 1 saturated heterocycles. The van der Waals surface area contributed by atoms with E-state index in [2.05, 4.69) is 29.3 Å². The minimum Gasteiger partial charge on any atom is -0.490 e. The van der Waals surface area contributed by atoms with Crippen LogP contribution in [0.2, 0.25) is 0 Å². The fourth-order valence-corrected chi connectivity index (χ4v) is 2.68. The van der Waals surface area contributed by atoms with Crippen molar-refractivity contribution in [1.82, 2.24) is 5.32 Å². The third-order valence-corrected chi connectivity index (χ3v) is 3.68. The minimum atomic E-state index is 0.552. The number of rotatable bonds is 6. The highest BCUT2D eigenvalue weighted by molar-refractivity contribution is 5.57. The quantitative estimate of drug-likeness (QED) is 0.867. The van der Waals surface area contributed by atoms with Gasteiger partial charge in [0.05, 0.1) is 13.2 Å². The molecule has 1 aromatic rings. The fourth-order valence-electron chi connectivity index (χ4n) is 2.68. The summed E-state index contributed by atoms with van der Waals surface area (Å²) < 4.78 is 11.4. The molecule has 0 spiro atoms. The fraction of sp³-hybridized carbons (Fsp3) is 0.625. The second-order valence-corrected chi connectivity index (χ2v) is 4.96. The SMILES string of the molecule is CCOc1ccc(N2CCNCC2CC)cc1OCC. The van der Waals surface area contributed by atoms with Crippen molar-refractivity contribution in [2.24, 2.45) is 0 Å². The number of benzene rings is 1. The van der Waals surface area contributed by atoms with Crippen molar-refractivity contribution >= 4 is 5.69 Å². The molecule has 1 fully saturated rings. The number of hydrogen-bond acceptors (Lipinski definition) is 4. The van der Waals surface area contributed by atoms with Gasteiger partial charge in [-0.05, 0) is 32.4 Å². The summed E-state index contributed by atoms with van der Waals surface area (Å²) in [6.45, 7) is 10.7. The predicted molar refractivity (Wildman–Crippen MR) is 83.1 cm³/mol. The van der Waals surface area contributed by atoms with Crippen LogP contribution in [-0.4, -0.2) is 38.9 Å². The second-order valence-electron chi connectivity index (χ2n) is 4.96. The molecule has 1 aliphatic heterocycles. The lowest BCUT2D eigenvalue weighted by atomic mass is 10.1. The van der Waals surface area contributed by atoms with Crippen LogP contribution in [0.25, 0.3) is 0 Å². The summed E-state index contributed by atoms with van der Waals surface area (Å²) in [7, 11) is 0. The number of nitrogens with one attached hydrogen (secondary N) is 1. The second kappa shape index (κ2) is 7.39. The van der Waals surface area contributed by atoms with Gasteiger partial charge in [0.2, 0.25) is 0 Å². The van der Waals surface area contributed by atoms with Crippen LogP contribution in [0.5, 0.6) is 11.5 Å². The average molecular weight is 278 g/mol. The molecule has 0 aliphatic carbocycles. The Balaban J connectivity index is 2.24. The van der Waals surface area contributed by atoms with Crippen molar-refractivity contribution in [1.29, 1.82) is 0 Å². The van der Waals surface area contributed by atoms with Crippen molar-refractivity contribution in [3.8, 4) is 11.5 Å². The largest absolute Gasteiger partial charge is 0.490 e. The summed E-state index contributed by atoms with van der Waals surface area (Å²) in [5.74, 6) is 1.68. The Morgan fingerprint density at radius 1 is 1.15 bits per heavy atom. The summed E-state index contributed by atoms with van der Waals surface area (Å²) in [4.78, 5) is 2.47. The van der Waals surface area contributed by atoms with Gasteiger partial charge in [-0.15, -0.1) is 0 Å². The monoisotopic (exact) mass is 278 g/mol. The smallest absolute Gasteiger partial charge is 0.163 e. The van der Waals surface area contributed by atoms with Gasteiger partial charge in [0, 0.05) is 37.4 Å². The molecule has 4 heteroatoms. The van der Waals surface area contributed by atoms with E-state index in [0.29, 0.717) is 19.3 Å². The van der Waals surface area contributed by atoms with Gasteiger partial charge in [0.15, 0.2) is 11.5 Å². The van der Waals surface area contributed by atoms with Crippen LogP contribution in [0, 0.1) is 0 Å². The Morgan fingerprint density at radius 3 is 2.60 bits per heavy atom. The number of piperazine rings is 1. The molecule has 1 N–H and O–H groups in total. The molecule has 0 aromatic heterocycles. The third kappa shape index (κ3) is 3.37. The molecule has 1 heterocycles. The molecule has 1 aliphatic rings. The van der Waals surface area contributed by atoms with Crippen LogP contribution in [0.3, 0.4) is 0 Å². The van der Waals surface area contributed by atoms with Crippen LogP contribution in [-0.2, 0) is 0 Å². The van der Waals surface area contributed by atoms with Gasteiger partial charge in [-0.3, -0.25) is 0 Å². The Morgan fingerprint density at radius 2 is 1.90 bits per heavy atom. The van der Waals surface area contributed by atoms with Crippen molar-refractivity contribution in [3.63, 3.8) is 0 Å². The lowest BCUT2D eigenvalue weighted by molar-refractivity contribution is 0.287. The number of anilines is 1. The van der Waals surface area contributed by atoms with E-state index in [-0.39, 0.29) is 0 Å². The van der Waals surface area contributed by atoms with E-state index >= 15 is 0 Å². The van der Waals surface area contributed by atoms with Gasteiger partial charge in [-0.1, -0.05) is 6.92 Å². The lowest BCUT2D eigenvalue weighted by Crippen LogP contribution is -2.51. The van der Waals surface area contributed by atoms with Gasteiger partial charge < -0.3 is 19.7 Å². The van der Waals surface area contributed by atoms with E-state index in [1.807, 2.05) is 19.9 Å². The first-order valence-corrected chi connectivity index (χ1v) is 7.67. The Hall–Kier alpha value is -1.42. The van der Waals surface area contributed by atoms with Crippen LogP contribution in [0.1, 0.15) is 27.2 Å². The average Bonchev–Trinajstić information content (AvgIpc) is 2.49. The first kappa shape index (κ1) is 15.0. The molecule has 4 nitrogen and oxygen atoms in total. The zero-order valence-corrected chi connectivity index (χ0v) is 12.8. The van der Waals surface area contributed by atoms with E-state index in [1.165, 1.54) is 5.69 Å². The highest BCUT2D eigenvalue weighted by Crippen LogP contribution is 2.33. The van der Waals surface area contributed by atoms with Gasteiger partial charge in [-0.25, -0.2) is 0 Å². The van der Waals surface area contributed by atoms with Crippen LogP contribution < -0.4 is 19.7 Å². The molecule has 0 saturated carbocycles. The maximum absolute atomic E-state index is 5.72. The number of hydrogen-bond donors (Lipinski definition) is 1. The summed E-state index contributed by atoms with van der Waals surface area (Å²) in [6, 6.07) is 6.83. The molecule has 2 rings (SSSR count). The van der Waals surface area contributed by atoms with Crippen LogP contribution in [0.15, 0.2) is 18.2 Å². The zero-order valence-electron chi connectivity index (χ0n) is 12.8. The van der Waals surface area contributed by atoms with Gasteiger partial charge >= 0.3 is 0 Å². The van der Waals surface area contributed by atoms with Crippen LogP contribution in [0.4, 0.5) is 5.69 Å². The van der Waals surface area contributed by atoms with Gasteiger partial charge in [0.25, 0.3) is 0 Å². The highest BCUT2D eigenvalue weighted by atomic mass is 16.5. The van der Waals surface area contributed by atoms with Crippen molar-refractivity contribution in [3.05, 3.63) is 18.2 Å². The molecule has 1 atom stereocenters. The minimum absolute atomic E-state index is 0.552. The van der Waals surface area contributed by atoms with Crippen molar-refractivity contribution in [2.75, 3.05) is 37.7 Å². The van der Waals surface area contributed by atoms with Gasteiger partial charge in [0.1, 0.15) is 0 Å². The topological polar surface area (TPSA) is 33.7 Å². The molecule has 0 amide bonds. The normalized spacial score (nSPS) is 18.9. The Labute approximate surface area is 122 Å². The molecule has 20 heavy (non-hydrogen) atoms. The highest BCUT2D eigenvalue weighted by Gasteiger charge is 2.21. The molecule has 1 unspecified atom stereocenters. The summed E-state index contributed by atoms with van der Waals surface area (Å²) in [5, 5.41) is 3.46.